The van der Waals surface area contributed by atoms with Crippen LogP contribution in [0.1, 0.15) is 15.9 Å². The second kappa shape index (κ2) is 5.95. The number of carbonyl (C=O) groups excluding carboxylic acids is 2. The van der Waals surface area contributed by atoms with Crippen LogP contribution >= 0.6 is 0 Å². The SMILES string of the molecule is O=C(c1ccc(F)c(F)c1)N1CC(C(=O)N2CCc3ccccc32)C1. The summed E-state index contributed by atoms with van der Waals surface area (Å²) in [5.74, 6) is -2.65. The molecule has 4 rings (SSSR count). The molecule has 128 valence electrons. The van der Waals surface area contributed by atoms with Crippen molar-refractivity contribution < 1.29 is 18.4 Å². The van der Waals surface area contributed by atoms with Crippen LogP contribution < -0.4 is 4.90 Å². The summed E-state index contributed by atoms with van der Waals surface area (Å²) in [6, 6.07) is 10.9. The second-order valence-electron chi connectivity index (χ2n) is 6.40. The predicted molar refractivity (Wildman–Crippen MR) is 88.3 cm³/mol. The molecule has 1 saturated heterocycles. The zero-order valence-corrected chi connectivity index (χ0v) is 13.4. The van der Waals surface area contributed by atoms with E-state index >= 15 is 0 Å². The van der Waals surface area contributed by atoms with E-state index in [1.54, 1.807) is 4.90 Å². The Morgan fingerprint density at radius 3 is 2.52 bits per heavy atom. The van der Waals surface area contributed by atoms with Crippen molar-refractivity contribution >= 4 is 17.5 Å². The summed E-state index contributed by atoms with van der Waals surface area (Å²) < 4.78 is 26.2. The molecule has 0 aromatic heterocycles. The van der Waals surface area contributed by atoms with Crippen LogP contribution in [0.25, 0.3) is 0 Å². The van der Waals surface area contributed by atoms with Gasteiger partial charge in [-0.3, -0.25) is 9.59 Å². The average molecular weight is 342 g/mol. The third kappa shape index (κ3) is 2.67. The topological polar surface area (TPSA) is 40.6 Å². The van der Waals surface area contributed by atoms with E-state index in [1.165, 1.54) is 11.0 Å². The van der Waals surface area contributed by atoms with Crippen LogP contribution in [0.15, 0.2) is 42.5 Å². The van der Waals surface area contributed by atoms with Gasteiger partial charge in [0, 0.05) is 30.9 Å². The fourth-order valence-electron chi connectivity index (χ4n) is 3.40. The largest absolute Gasteiger partial charge is 0.337 e. The molecule has 2 aromatic carbocycles. The maximum absolute atomic E-state index is 13.3. The molecule has 2 amide bonds. The number of amides is 2. The van der Waals surface area contributed by atoms with E-state index < -0.39 is 11.6 Å². The number of carbonyl (C=O) groups is 2. The first-order valence-corrected chi connectivity index (χ1v) is 8.18. The number of halogens is 2. The molecule has 4 nitrogen and oxygen atoms in total. The minimum Gasteiger partial charge on any atom is -0.337 e. The fourth-order valence-corrected chi connectivity index (χ4v) is 3.40. The van der Waals surface area contributed by atoms with Crippen molar-refractivity contribution in [3.8, 4) is 0 Å². The van der Waals surface area contributed by atoms with Crippen molar-refractivity contribution in [2.24, 2.45) is 5.92 Å². The number of nitrogens with zero attached hydrogens (tertiary/aromatic N) is 2. The fraction of sp³-hybridized carbons (Fsp3) is 0.263. The number of rotatable bonds is 2. The first-order valence-electron chi connectivity index (χ1n) is 8.18. The molecule has 0 atom stereocenters. The van der Waals surface area contributed by atoms with Crippen LogP contribution in [0.3, 0.4) is 0 Å². The first-order chi connectivity index (χ1) is 12.0. The molecule has 0 aliphatic carbocycles. The Hall–Kier alpha value is -2.76. The summed E-state index contributed by atoms with van der Waals surface area (Å²) in [6.07, 6.45) is 0.839. The van der Waals surface area contributed by atoms with E-state index in [1.807, 2.05) is 24.3 Å². The summed E-state index contributed by atoms with van der Waals surface area (Å²) >= 11 is 0. The lowest BCUT2D eigenvalue weighted by atomic mass is 9.97. The molecule has 0 N–H and O–H groups in total. The van der Waals surface area contributed by atoms with E-state index in [0.29, 0.717) is 19.6 Å². The summed E-state index contributed by atoms with van der Waals surface area (Å²) in [7, 11) is 0. The van der Waals surface area contributed by atoms with Gasteiger partial charge in [0.05, 0.1) is 5.92 Å². The number of hydrogen-bond donors (Lipinski definition) is 0. The van der Waals surface area contributed by atoms with Gasteiger partial charge in [0.1, 0.15) is 0 Å². The second-order valence-corrected chi connectivity index (χ2v) is 6.40. The van der Waals surface area contributed by atoms with Crippen LogP contribution in [0.5, 0.6) is 0 Å². The van der Waals surface area contributed by atoms with Crippen molar-refractivity contribution in [3.05, 3.63) is 65.2 Å². The normalized spacial score (nSPS) is 16.6. The van der Waals surface area contributed by atoms with E-state index in [4.69, 9.17) is 0 Å². The summed E-state index contributed by atoms with van der Waals surface area (Å²) in [5, 5.41) is 0. The first kappa shape index (κ1) is 15.7. The van der Waals surface area contributed by atoms with Gasteiger partial charge in [-0.15, -0.1) is 0 Å². The monoisotopic (exact) mass is 342 g/mol. The van der Waals surface area contributed by atoms with Crippen LogP contribution in [-0.2, 0) is 11.2 Å². The maximum atomic E-state index is 13.3. The zero-order valence-electron chi connectivity index (χ0n) is 13.4. The number of likely N-dealkylation sites (tertiary alicyclic amines) is 1. The number of benzene rings is 2. The standard InChI is InChI=1S/C19H16F2N2O2/c20-15-6-5-13(9-16(15)21)18(24)22-10-14(11-22)19(25)23-8-7-12-3-1-2-4-17(12)23/h1-6,9,14H,7-8,10-11H2. The Labute approximate surface area is 143 Å². The summed E-state index contributed by atoms with van der Waals surface area (Å²) in [4.78, 5) is 28.2. The number of fused-ring (bicyclic) bond motifs is 1. The van der Waals surface area contributed by atoms with Crippen LogP contribution in [0, 0.1) is 17.6 Å². The molecule has 1 fully saturated rings. The smallest absolute Gasteiger partial charge is 0.254 e. The number of para-hydroxylation sites is 1. The average Bonchev–Trinajstić information content (AvgIpc) is 3.00. The van der Waals surface area contributed by atoms with Gasteiger partial charge in [-0.2, -0.15) is 0 Å². The van der Waals surface area contributed by atoms with Gasteiger partial charge >= 0.3 is 0 Å². The van der Waals surface area contributed by atoms with Gasteiger partial charge < -0.3 is 9.80 Å². The van der Waals surface area contributed by atoms with Gasteiger partial charge in [-0.1, -0.05) is 18.2 Å². The molecule has 0 saturated carbocycles. The number of hydrogen-bond acceptors (Lipinski definition) is 2. The molecular weight excluding hydrogens is 326 g/mol. The van der Waals surface area contributed by atoms with Gasteiger partial charge in [-0.25, -0.2) is 8.78 Å². The van der Waals surface area contributed by atoms with Gasteiger partial charge in [0.15, 0.2) is 11.6 Å². The molecule has 0 unspecified atom stereocenters. The van der Waals surface area contributed by atoms with Crippen molar-refractivity contribution in [2.45, 2.75) is 6.42 Å². The Kier molecular flexibility index (Phi) is 3.75. The van der Waals surface area contributed by atoms with Gasteiger partial charge in [0.25, 0.3) is 5.91 Å². The van der Waals surface area contributed by atoms with Crippen LogP contribution in [0.2, 0.25) is 0 Å². The molecule has 0 spiro atoms. The van der Waals surface area contributed by atoms with E-state index in [2.05, 4.69) is 0 Å². The molecule has 6 heteroatoms. The Morgan fingerprint density at radius 2 is 1.76 bits per heavy atom. The van der Waals surface area contributed by atoms with Gasteiger partial charge in [0.2, 0.25) is 5.91 Å². The molecule has 2 aromatic rings. The van der Waals surface area contributed by atoms with Crippen molar-refractivity contribution in [3.63, 3.8) is 0 Å². The third-order valence-electron chi connectivity index (χ3n) is 4.84. The highest BCUT2D eigenvalue weighted by Crippen LogP contribution is 2.31. The summed E-state index contributed by atoms with van der Waals surface area (Å²) in [5.41, 5.74) is 2.19. The molecule has 2 heterocycles. The highest BCUT2D eigenvalue weighted by Gasteiger charge is 2.40. The Balaban J connectivity index is 1.41. The van der Waals surface area contributed by atoms with Gasteiger partial charge in [-0.05, 0) is 36.2 Å². The predicted octanol–water partition coefficient (Wildman–Crippen LogP) is 2.63. The summed E-state index contributed by atoms with van der Waals surface area (Å²) in [6.45, 7) is 1.26. The molecule has 0 radical (unpaired) electrons. The van der Waals surface area contributed by atoms with Crippen molar-refractivity contribution in [2.75, 3.05) is 24.5 Å². The zero-order chi connectivity index (χ0) is 17.6. The Morgan fingerprint density at radius 1 is 1.00 bits per heavy atom. The maximum Gasteiger partial charge on any atom is 0.254 e. The minimum absolute atomic E-state index is 0.0132. The molecule has 2 aliphatic rings. The van der Waals surface area contributed by atoms with Crippen LogP contribution in [-0.4, -0.2) is 36.3 Å². The minimum atomic E-state index is -1.05. The van der Waals surface area contributed by atoms with Crippen molar-refractivity contribution in [1.29, 1.82) is 0 Å². The van der Waals surface area contributed by atoms with Crippen LogP contribution in [0.4, 0.5) is 14.5 Å². The highest BCUT2D eigenvalue weighted by atomic mass is 19.2. The lowest BCUT2D eigenvalue weighted by Gasteiger charge is -2.40. The molecule has 0 bridgehead atoms. The quantitative estimate of drug-likeness (QED) is 0.842. The number of anilines is 1. The van der Waals surface area contributed by atoms with E-state index in [9.17, 15) is 18.4 Å². The highest BCUT2D eigenvalue weighted by molar-refractivity contribution is 6.00. The molecule has 25 heavy (non-hydrogen) atoms. The lowest BCUT2D eigenvalue weighted by molar-refractivity contribution is -0.126. The van der Waals surface area contributed by atoms with E-state index in [0.717, 1.165) is 29.8 Å². The third-order valence-corrected chi connectivity index (χ3v) is 4.84. The molecule has 2 aliphatic heterocycles. The van der Waals surface area contributed by atoms with E-state index in [-0.39, 0.29) is 23.3 Å². The Bertz CT molecular complexity index is 862. The lowest BCUT2D eigenvalue weighted by Crippen LogP contribution is -2.56. The molecular formula is C19H16F2N2O2. The van der Waals surface area contributed by atoms with Crippen molar-refractivity contribution in [1.82, 2.24) is 4.90 Å².